The maximum absolute atomic E-state index is 12.8. The summed E-state index contributed by atoms with van der Waals surface area (Å²) in [5.41, 5.74) is 0.708. The van der Waals surface area contributed by atoms with Crippen LogP contribution in [0, 0.1) is 0 Å². The number of ether oxygens (including phenoxy) is 1. The lowest BCUT2D eigenvalue weighted by Gasteiger charge is -2.35. The normalized spacial score (nSPS) is 14.6. The Morgan fingerprint density at radius 1 is 1.13 bits per heavy atom. The molecule has 0 saturated carbocycles. The molecule has 0 aromatic carbocycles. The van der Waals surface area contributed by atoms with Crippen LogP contribution in [-0.2, 0) is 6.18 Å². The van der Waals surface area contributed by atoms with Gasteiger partial charge in [0.15, 0.2) is 0 Å². The summed E-state index contributed by atoms with van der Waals surface area (Å²) in [4.78, 5) is 28.2. The van der Waals surface area contributed by atoms with Gasteiger partial charge >= 0.3 is 12.1 Å². The zero-order chi connectivity index (χ0) is 22.0. The van der Waals surface area contributed by atoms with Crippen LogP contribution in [-0.4, -0.2) is 64.2 Å². The zero-order valence-corrected chi connectivity index (χ0v) is 16.3. The van der Waals surface area contributed by atoms with E-state index in [1.807, 2.05) is 4.90 Å². The molecular formula is C19H17F3N6O3. The Hall–Kier alpha value is -3.70. The summed E-state index contributed by atoms with van der Waals surface area (Å²) in [5.74, 6) is -0.841. The van der Waals surface area contributed by atoms with Gasteiger partial charge in [0.1, 0.15) is 11.4 Å². The molecule has 1 amide bonds. The van der Waals surface area contributed by atoms with E-state index in [-0.39, 0.29) is 17.6 Å². The summed E-state index contributed by atoms with van der Waals surface area (Å²) in [6, 6.07) is 6.59. The van der Waals surface area contributed by atoms with Crippen LogP contribution in [0.3, 0.4) is 0 Å². The summed E-state index contributed by atoms with van der Waals surface area (Å²) in [6.45, 7) is 2.03. The average molecular weight is 434 g/mol. The van der Waals surface area contributed by atoms with Crippen LogP contribution in [0.4, 0.5) is 19.0 Å². The van der Waals surface area contributed by atoms with Crippen molar-refractivity contribution in [2.75, 3.05) is 38.2 Å². The highest BCUT2D eigenvalue weighted by Gasteiger charge is 2.38. The molecule has 4 heterocycles. The monoisotopic (exact) mass is 434 g/mol. The summed E-state index contributed by atoms with van der Waals surface area (Å²) < 4.78 is 47.2. The Balaban J connectivity index is 1.40. The van der Waals surface area contributed by atoms with Gasteiger partial charge in [-0.2, -0.15) is 18.2 Å². The predicted molar refractivity (Wildman–Crippen MR) is 101 cm³/mol. The van der Waals surface area contributed by atoms with E-state index in [1.54, 1.807) is 35.4 Å². The third-order valence-electron chi connectivity index (χ3n) is 4.76. The molecule has 0 atom stereocenters. The van der Waals surface area contributed by atoms with Crippen molar-refractivity contribution >= 4 is 11.7 Å². The van der Waals surface area contributed by atoms with Crippen molar-refractivity contribution in [1.29, 1.82) is 0 Å². The first-order valence-electron chi connectivity index (χ1n) is 9.27. The Kier molecular flexibility index (Phi) is 5.44. The van der Waals surface area contributed by atoms with E-state index < -0.39 is 12.1 Å². The number of alkyl halides is 3. The number of hydrogen-bond acceptors (Lipinski definition) is 8. The van der Waals surface area contributed by atoms with Crippen LogP contribution in [0.5, 0.6) is 5.88 Å². The second-order valence-corrected chi connectivity index (χ2v) is 6.67. The Bertz CT molecular complexity index is 1060. The number of methoxy groups -OCH3 is 1. The molecule has 1 fully saturated rings. The molecule has 1 aliphatic rings. The third-order valence-corrected chi connectivity index (χ3v) is 4.76. The number of halogens is 3. The quantitative estimate of drug-likeness (QED) is 0.618. The Morgan fingerprint density at radius 3 is 2.52 bits per heavy atom. The van der Waals surface area contributed by atoms with Crippen molar-refractivity contribution in [3.63, 3.8) is 0 Å². The van der Waals surface area contributed by atoms with Crippen molar-refractivity contribution in [1.82, 2.24) is 25.0 Å². The van der Waals surface area contributed by atoms with Crippen molar-refractivity contribution < 1.29 is 27.2 Å². The van der Waals surface area contributed by atoms with Gasteiger partial charge in [-0.25, -0.2) is 9.97 Å². The van der Waals surface area contributed by atoms with Gasteiger partial charge in [-0.05, 0) is 24.3 Å². The first kappa shape index (κ1) is 20.6. The second kappa shape index (κ2) is 8.20. The summed E-state index contributed by atoms with van der Waals surface area (Å²) >= 11 is 0. The number of anilines is 1. The fourth-order valence-electron chi connectivity index (χ4n) is 3.19. The molecule has 0 unspecified atom stereocenters. The van der Waals surface area contributed by atoms with E-state index >= 15 is 0 Å². The van der Waals surface area contributed by atoms with Crippen LogP contribution < -0.4 is 9.64 Å². The molecule has 0 spiro atoms. The fourth-order valence-corrected chi connectivity index (χ4v) is 3.19. The van der Waals surface area contributed by atoms with Gasteiger partial charge in [-0.15, -0.1) is 0 Å². The van der Waals surface area contributed by atoms with Gasteiger partial charge in [0.05, 0.1) is 7.11 Å². The molecule has 0 radical (unpaired) electrons. The molecule has 4 rings (SSSR count). The largest absolute Gasteiger partial charge is 0.480 e. The molecule has 3 aromatic heterocycles. The minimum Gasteiger partial charge on any atom is -0.480 e. The number of carbonyl (C=O) groups excluding carboxylic acids is 1. The minimum atomic E-state index is -4.70. The van der Waals surface area contributed by atoms with E-state index in [0.29, 0.717) is 43.1 Å². The summed E-state index contributed by atoms with van der Waals surface area (Å²) in [7, 11) is 1.46. The maximum atomic E-state index is 12.8. The Labute approximate surface area is 174 Å². The molecule has 0 bridgehead atoms. The molecule has 0 aliphatic carbocycles. The van der Waals surface area contributed by atoms with E-state index in [4.69, 9.17) is 4.74 Å². The van der Waals surface area contributed by atoms with Crippen LogP contribution >= 0.6 is 0 Å². The van der Waals surface area contributed by atoms with Crippen LogP contribution in [0.25, 0.3) is 11.4 Å². The fraction of sp³-hybridized carbons (Fsp3) is 0.316. The number of pyridine rings is 2. The first-order valence-corrected chi connectivity index (χ1v) is 9.27. The number of amides is 1. The average Bonchev–Trinajstić information content (AvgIpc) is 3.30. The topological polar surface area (TPSA) is 97.5 Å². The highest BCUT2D eigenvalue weighted by Crippen LogP contribution is 2.29. The molecule has 3 aromatic rings. The molecule has 1 aliphatic heterocycles. The molecule has 162 valence electrons. The lowest BCUT2D eigenvalue weighted by atomic mass is 10.2. The third kappa shape index (κ3) is 4.27. The number of carbonyl (C=O) groups is 1. The van der Waals surface area contributed by atoms with Gasteiger partial charge in [-0.1, -0.05) is 5.16 Å². The number of rotatable bonds is 4. The minimum absolute atomic E-state index is 0.162. The molecule has 31 heavy (non-hydrogen) atoms. The van der Waals surface area contributed by atoms with Gasteiger partial charge in [0, 0.05) is 44.1 Å². The van der Waals surface area contributed by atoms with Crippen LogP contribution in [0.1, 0.15) is 16.2 Å². The first-order chi connectivity index (χ1) is 14.9. The number of nitrogens with zero attached hydrogens (tertiary/aromatic N) is 6. The van der Waals surface area contributed by atoms with Gasteiger partial charge < -0.3 is 19.1 Å². The van der Waals surface area contributed by atoms with Gasteiger partial charge in [-0.3, -0.25) is 4.79 Å². The molecular weight excluding hydrogens is 417 g/mol. The lowest BCUT2D eigenvalue weighted by molar-refractivity contribution is -0.159. The lowest BCUT2D eigenvalue weighted by Crippen LogP contribution is -2.49. The van der Waals surface area contributed by atoms with E-state index in [9.17, 15) is 18.0 Å². The van der Waals surface area contributed by atoms with Crippen LogP contribution in [0.15, 0.2) is 41.2 Å². The van der Waals surface area contributed by atoms with Crippen molar-refractivity contribution in [3.8, 4) is 17.3 Å². The van der Waals surface area contributed by atoms with Crippen molar-refractivity contribution in [3.05, 3.63) is 48.1 Å². The summed E-state index contributed by atoms with van der Waals surface area (Å²) in [5, 5.41) is 3.35. The van der Waals surface area contributed by atoms with E-state index in [1.165, 1.54) is 13.3 Å². The Morgan fingerprint density at radius 2 is 1.90 bits per heavy atom. The second-order valence-electron chi connectivity index (χ2n) is 6.67. The SMILES string of the molecule is COc1ncccc1C(=O)N1CCN(c2ccc(-c3noc(C(F)(F)F)n3)cn2)CC1. The highest BCUT2D eigenvalue weighted by molar-refractivity contribution is 5.96. The standard InChI is InChI=1S/C19H17F3N6O3/c1-30-16-13(3-2-6-23-16)17(29)28-9-7-27(8-10-28)14-5-4-12(11-24-14)15-25-18(31-26-15)19(20,21)22/h2-6,11H,7-10H2,1H3. The smallest absolute Gasteiger partial charge is 0.471 e. The summed E-state index contributed by atoms with van der Waals surface area (Å²) in [6.07, 6.45) is -1.75. The van der Waals surface area contributed by atoms with Gasteiger partial charge in [0.2, 0.25) is 11.7 Å². The molecule has 12 heteroatoms. The van der Waals surface area contributed by atoms with E-state index in [0.717, 1.165) is 0 Å². The van der Waals surface area contributed by atoms with Gasteiger partial charge in [0.25, 0.3) is 5.91 Å². The number of piperazine rings is 1. The molecule has 0 N–H and O–H groups in total. The number of hydrogen-bond donors (Lipinski definition) is 0. The maximum Gasteiger partial charge on any atom is 0.471 e. The van der Waals surface area contributed by atoms with Crippen LogP contribution in [0.2, 0.25) is 0 Å². The molecule has 1 saturated heterocycles. The predicted octanol–water partition coefficient (Wildman–Crippen LogP) is 2.52. The molecule has 9 nitrogen and oxygen atoms in total. The zero-order valence-electron chi connectivity index (χ0n) is 16.3. The highest BCUT2D eigenvalue weighted by atomic mass is 19.4. The van der Waals surface area contributed by atoms with Crippen molar-refractivity contribution in [2.45, 2.75) is 6.18 Å². The van der Waals surface area contributed by atoms with Crippen molar-refractivity contribution in [2.24, 2.45) is 0 Å². The van der Waals surface area contributed by atoms with E-state index in [2.05, 4.69) is 24.6 Å². The number of aromatic nitrogens is 4.